The number of fused-ring (bicyclic) bond motifs is 1. The lowest BCUT2D eigenvalue weighted by atomic mass is 9.75. The van der Waals surface area contributed by atoms with Crippen molar-refractivity contribution in [1.82, 2.24) is 4.90 Å². The van der Waals surface area contributed by atoms with Crippen LogP contribution >= 0.6 is 0 Å². The normalized spacial score (nSPS) is 21.1. The Hall–Kier alpha value is -2.82. The Morgan fingerprint density at radius 2 is 2.03 bits per heavy atom. The van der Waals surface area contributed by atoms with Gasteiger partial charge in [0.15, 0.2) is 0 Å². The Balaban J connectivity index is 1.43. The second kappa shape index (κ2) is 8.27. The zero-order chi connectivity index (χ0) is 20.3. The molecule has 2 aromatic rings. The molecule has 2 aliphatic rings. The van der Waals surface area contributed by atoms with Gasteiger partial charge in [0.2, 0.25) is 5.91 Å². The molecule has 1 aromatic carbocycles. The number of benzene rings is 1. The summed E-state index contributed by atoms with van der Waals surface area (Å²) in [6.07, 6.45) is 6.32. The number of hydrogen-bond donors (Lipinski definition) is 0. The molecule has 1 atom stereocenters. The average Bonchev–Trinajstić information content (AvgIpc) is 3.28. The summed E-state index contributed by atoms with van der Waals surface area (Å²) in [5.41, 5.74) is 0.988. The molecule has 1 aromatic heterocycles. The molecular formula is C24H27NO4. The van der Waals surface area contributed by atoms with Gasteiger partial charge < -0.3 is 14.1 Å². The molecule has 1 amide bonds. The number of aryl methyl sites for hydroxylation is 2. The third-order valence-electron chi connectivity index (χ3n) is 5.88. The molecule has 1 aliphatic carbocycles. The first kappa shape index (κ1) is 19.5. The number of esters is 1. The SMILES string of the molecule is Cc1ccc(CCCN2C(=O)CC3(C(=O)OCc4ccccc4)CCCC=C23)o1. The molecule has 0 saturated carbocycles. The predicted octanol–water partition coefficient (Wildman–Crippen LogP) is 4.55. The highest BCUT2D eigenvalue weighted by atomic mass is 16.5. The van der Waals surface area contributed by atoms with Gasteiger partial charge in [0.1, 0.15) is 23.5 Å². The highest BCUT2D eigenvalue weighted by Gasteiger charge is 2.54. The highest BCUT2D eigenvalue weighted by Crippen LogP contribution is 2.49. The fraction of sp³-hybridized carbons (Fsp3) is 0.417. The number of furan rings is 1. The van der Waals surface area contributed by atoms with Crippen molar-refractivity contribution in [2.45, 2.75) is 52.1 Å². The Bertz CT molecular complexity index is 914. The molecular weight excluding hydrogens is 366 g/mol. The number of hydrogen-bond acceptors (Lipinski definition) is 4. The number of carbonyl (C=O) groups is 2. The Kier molecular flexibility index (Phi) is 5.56. The number of rotatable bonds is 7. The molecule has 1 unspecified atom stereocenters. The van der Waals surface area contributed by atoms with Gasteiger partial charge in [-0.1, -0.05) is 36.4 Å². The van der Waals surface area contributed by atoms with Crippen molar-refractivity contribution in [2.24, 2.45) is 5.41 Å². The monoisotopic (exact) mass is 393 g/mol. The predicted molar refractivity (Wildman–Crippen MR) is 109 cm³/mol. The average molecular weight is 393 g/mol. The second-order valence-corrected chi connectivity index (χ2v) is 7.96. The Morgan fingerprint density at radius 3 is 2.79 bits per heavy atom. The van der Waals surface area contributed by atoms with Crippen LogP contribution in [0, 0.1) is 12.3 Å². The van der Waals surface area contributed by atoms with Crippen molar-refractivity contribution in [3.05, 3.63) is 71.3 Å². The third kappa shape index (κ3) is 4.00. The molecule has 0 bridgehead atoms. The smallest absolute Gasteiger partial charge is 0.318 e. The van der Waals surface area contributed by atoms with Crippen LogP contribution in [-0.4, -0.2) is 23.3 Å². The molecule has 2 heterocycles. The van der Waals surface area contributed by atoms with Crippen LogP contribution in [0.1, 0.15) is 49.2 Å². The lowest BCUT2D eigenvalue weighted by Gasteiger charge is -2.32. The van der Waals surface area contributed by atoms with Gasteiger partial charge in [0, 0.05) is 25.1 Å². The van der Waals surface area contributed by atoms with E-state index < -0.39 is 5.41 Å². The van der Waals surface area contributed by atoms with Gasteiger partial charge in [-0.3, -0.25) is 9.59 Å². The molecule has 0 spiro atoms. The number of nitrogens with zero attached hydrogens (tertiary/aromatic N) is 1. The van der Waals surface area contributed by atoms with E-state index in [0.717, 1.165) is 48.5 Å². The molecule has 5 heteroatoms. The fourth-order valence-electron chi connectivity index (χ4n) is 4.42. The summed E-state index contributed by atoms with van der Waals surface area (Å²) in [6.45, 7) is 2.76. The zero-order valence-corrected chi connectivity index (χ0v) is 16.9. The number of ether oxygens (including phenoxy) is 1. The van der Waals surface area contributed by atoms with Crippen LogP contribution in [0.5, 0.6) is 0 Å². The Labute approximate surface area is 171 Å². The molecule has 1 aliphatic heterocycles. The van der Waals surface area contributed by atoms with E-state index in [1.165, 1.54) is 0 Å². The van der Waals surface area contributed by atoms with Crippen molar-refractivity contribution in [3.8, 4) is 0 Å². The molecule has 152 valence electrons. The molecule has 4 rings (SSSR count). The van der Waals surface area contributed by atoms with Gasteiger partial charge in [-0.05, 0) is 50.3 Å². The lowest BCUT2D eigenvalue weighted by molar-refractivity contribution is -0.156. The minimum Gasteiger partial charge on any atom is -0.466 e. The van der Waals surface area contributed by atoms with E-state index in [2.05, 4.69) is 6.08 Å². The van der Waals surface area contributed by atoms with E-state index in [0.29, 0.717) is 13.0 Å². The van der Waals surface area contributed by atoms with Crippen molar-refractivity contribution >= 4 is 11.9 Å². The van der Waals surface area contributed by atoms with E-state index in [1.807, 2.05) is 49.4 Å². The number of amides is 1. The number of allylic oxidation sites excluding steroid dienone is 1. The molecule has 1 saturated heterocycles. The first-order valence-electron chi connectivity index (χ1n) is 10.4. The maximum absolute atomic E-state index is 13.1. The van der Waals surface area contributed by atoms with Gasteiger partial charge in [-0.15, -0.1) is 0 Å². The van der Waals surface area contributed by atoms with Crippen LogP contribution in [0.4, 0.5) is 0 Å². The minimum absolute atomic E-state index is 0.0189. The molecule has 29 heavy (non-hydrogen) atoms. The molecule has 0 N–H and O–H groups in total. The van der Waals surface area contributed by atoms with Crippen LogP contribution in [0.25, 0.3) is 0 Å². The summed E-state index contributed by atoms with van der Waals surface area (Å²) < 4.78 is 11.3. The van der Waals surface area contributed by atoms with Crippen LogP contribution in [0.15, 0.2) is 58.7 Å². The van der Waals surface area contributed by atoms with Gasteiger partial charge in [-0.2, -0.15) is 0 Å². The standard InChI is InChI=1S/C24H27NO4/c1-18-12-13-20(29-18)10-7-15-25-21-11-5-6-14-24(21,16-22(25)26)23(27)28-17-19-8-3-2-4-9-19/h2-4,8-9,11-13H,5-7,10,14-17H2,1H3. The Morgan fingerprint density at radius 1 is 1.21 bits per heavy atom. The number of carbonyl (C=O) groups excluding carboxylic acids is 2. The van der Waals surface area contributed by atoms with E-state index in [-0.39, 0.29) is 24.9 Å². The zero-order valence-electron chi connectivity index (χ0n) is 16.9. The quantitative estimate of drug-likeness (QED) is 0.648. The maximum atomic E-state index is 13.1. The molecule has 0 radical (unpaired) electrons. The first-order valence-corrected chi connectivity index (χ1v) is 10.4. The molecule has 5 nitrogen and oxygen atoms in total. The van der Waals surface area contributed by atoms with Crippen molar-refractivity contribution in [2.75, 3.05) is 6.54 Å². The summed E-state index contributed by atoms with van der Waals surface area (Å²) in [7, 11) is 0. The summed E-state index contributed by atoms with van der Waals surface area (Å²) in [5.74, 6) is 1.57. The summed E-state index contributed by atoms with van der Waals surface area (Å²) in [6, 6.07) is 13.6. The highest BCUT2D eigenvalue weighted by molar-refractivity contribution is 5.94. The lowest BCUT2D eigenvalue weighted by Crippen LogP contribution is -2.36. The van der Waals surface area contributed by atoms with Crippen LogP contribution in [-0.2, 0) is 27.4 Å². The van der Waals surface area contributed by atoms with Crippen molar-refractivity contribution in [3.63, 3.8) is 0 Å². The minimum atomic E-state index is -0.814. The topological polar surface area (TPSA) is 59.8 Å². The summed E-state index contributed by atoms with van der Waals surface area (Å²) in [4.78, 5) is 27.7. The van der Waals surface area contributed by atoms with E-state index in [1.54, 1.807) is 4.90 Å². The van der Waals surface area contributed by atoms with Crippen LogP contribution in [0.3, 0.4) is 0 Å². The third-order valence-corrected chi connectivity index (χ3v) is 5.88. The largest absolute Gasteiger partial charge is 0.466 e. The summed E-state index contributed by atoms with van der Waals surface area (Å²) >= 11 is 0. The van der Waals surface area contributed by atoms with Crippen LogP contribution in [0.2, 0.25) is 0 Å². The fourth-order valence-corrected chi connectivity index (χ4v) is 4.42. The van der Waals surface area contributed by atoms with Gasteiger partial charge in [0.25, 0.3) is 0 Å². The van der Waals surface area contributed by atoms with Gasteiger partial charge >= 0.3 is 5.97 Å². The second-order valence-electron chi connectivity index (χ2n) is 7.96. The van der Waals surface area contributed by atoms with Gasteiger partial charge in [0.05, 0.1) is 0 Å². The first-order chi connectivity index (χ1) is 14.1. The van der Waals surface area contributed by atoms with E-state index >= 15 is 0 Å². The van der Waals surface area contributed by atoms with E-state index in [4.69, 9.17) is 9.15 Å². The molecule has 1 fully saturated rings. The van der Waals surface area contributed by atoms with E-state index in [9.17, 15) is 9.59 Å². The van der Waals surface area contributed by atoms with Crippen molar-refractivity contribution < 1.29 is 18.7 Å². The number of likely N-dealkylation sites (tertiary alicyclic amines) is 1. The van der Waals surface area contributed by atoms with Gasteiger partial charge in [-0.25, -0.2) is 0 Å². The van der Waals surface area contributed by atoms with Crippen molar-refractivity contribution in [1.29, 1.82) is 0 Å². The van der Waals surface area contributed by atoms with Crippen LogP contribution < -0.4 is 0 Å². The summed E-state index contributed by atoms with van der Waals surface area (Å²) in [5, 5.41) is 0. The maximum Gasteiger partial charge on any atom is 0.318 e.